The Morgan fingerprint density at radius 1 is 0.596 bits per heavy atom. The van der Waals surface area contributed by atoms with Crippen LogP contribution in [0.15, 0.2) is 115 Å². The molecular weight excluding hydrogens is 567 g/mol. The van der Waals surface area contributed by atoms with E-state index in [9.17, 15) is 0 Å². The van der Waals surface area contributed by atoms with Crippen LogP contribution in [0.4, 0.5) is 17.1 Å². The number of fused-ring (bicyclic) bond motifs is 5. The van der Waals surface area contributed by atoms with Gasteiger partial charge in [0.2, 0.25) is 0 Å². The van der Waals surface area contributed by atoms with Crippen molar-refractivity contribution in [2.45, 2.75) is 88.9 Å². The molecule has 5 aromatic carbocycles. The maximum absolute atomic E-state index is 2.58. The van der Waals surface area contributed by atoms with Gasteiger partial charge in [-0.1, -0.05) is 124 Å². The minimum atomic E-state index is -0.117. The van der Waals surface area contributed by atoms with Gasteiger partial charge in [-0.2, -0.15) is 0 Å². The fourth-order valence-corrected chi connectivity index (χ4v) is 10.3. The van der Waals surface area contributed by atoms with Crippen LogP contribution in [0.2, 0.25) is 0 Å². The van der Waals surface area contributed by atoms with Gasteiger partial charge in [-0.25, -0.2) is 0 Å². The first-order chi connectivity index (χ1) is 23.1. The fourth-order valence-electron chi connectivity index (χ4n) is 10.3. The molecule has 236 valence electrons. The summed E-state index contributed by atoms with van der Waals surface area (Å²) in [6, 6.07) is 44.4. The molecule has 1 heteroatoms. The Balaban J connectivity index is 1.24. The van der Waals surface area contributed by atoms with E-state index >= 15 is 0 Å². The maximum Gasteiger partial charge on any atom is 0.0543 e. The zero-order chi connectivity index (χ0) is 31.5. The third kappa shape index (κ3) is 4.88. The van der Waals surface area contributed by atoms with E-state index < -0.39 is 0 Å². The Kier molecular flexibility index (Phi) is 7.14. The van der Waals surface area contributed by atoms with Crippen LogP contribution in [-0.2, 0) is 5.41 Å². The van der Waals surface area contributed by atoms with Gasteiger partial charge in [0.1, 0.15) is 0 Å². The molecular formula is C46H47N. The van der Waals surface area contributed by atoms with Gasteiger partial charge >= 0.3 is 0 Å². The van der Waals surface area contributed by atoms with E-state index in [1.807, 2.05) is 0 Å². The van der Waals surface area contributed by atoms with E-state index in [0.717, 1.165) is 17.8 Å². The molecule has 0 amide bonds. The monoisotopic (exact) mass is 613 g/mol. The van der Waals surface area contributed by atoms with Gasteiger partial charge in [0, 0.05) is 22.4 Å². The Morgan fingerprint density at radius 3 is 2.15 bits per heavy atom. The SMILES string of the molecule is CC1(C)c2ccccc2-c2ccc(N(c3ccc(C4CC5CCC4C5)cc3)c3cccc(C4CCCCC4)c3)c(-c3ccccc3)c21. The summed E-state index contributed by atoms with van der Waals surface area (Å²) in [5.74, 6) is 3.24. The lowest BCUT2D eigenvalue weighted by molar-refractivity contribution is 0.420. The van der Waals surface area contributed by atoms with E-state index in [4.69, 9.17) is 0 Å². The Bertz CT molecular complexity index is 1910. The Morgan fingerprint density at radius 2 is 1.38 bits per heavy atom. The van der Waals surface area contributed by atoms with Crippen molar-refractivity contribution in [1.82, 2.24) is 0 Å². The molecule has 0 aliphatic heterocycles. The van der Waals surface area contributed by atoms with Crippen LogP contribution in [0.3, 0.4) is 0 Å². The molecule has 0 N–H and O–H groups in total. The highest BCUT2D eigenvalue weighted by Gasteiger charge is 2.41. The number of hydrogen-bond donors (Lipinski definition) is 0. The van der Waals surface area contributed by atoms with Crippen molar-refractivity contribution >= 4 is 17.1 Å². The second kappa shape index (κ2) is 11.6. The van der Waals surface area contributed by atoms with Crippen LogP contribution in [0.25, 0.3) is 22.3 Å². The normalized spacial score (nSPS) is 22.6. The summed E-state index contributed by atoms with van der Waals surface area (Å²) in [5, 5.41) is 0. The number of anilines is 3. The van der Waals surface area contributed by atoms with Crippen LogP contribution >= 0.6 is 0 Å². The van der Waals surface area contributed by atoms with Crippen LogP contribution < -0.4 is 4.90 Å². The van der Waals surface area contributed by atoms with Gasteiger partial charge in [-0.3, -0.25) is 0 Å². The van der Waals surface area contributed by atoms with Crippen molar-refractivity contribution in [3.8, 4) is 22.3 Å². The minimum Gasteiger partial charge on any atom is -0.310 e. The van der Waals surface area contributed by atoms with E-state index in [2.05, 4.69) is 134 Å². The molecule has 0 saturated heterocycles. The highest BCUT2D eigenvalue weighted by molar-refractivity contribution is 5.97. The smallest absolute Gasteiger partial charge is 0.0543 e. The second-order valence-electron chi connectivity index (χ2n) is 15.6. The summed E-state index contributed by atoms with van der Waals surface area (Å²) < 4.78 is 0. The highest BCUT2D eigenvalue weighted by atomic mass is 15.1. The number of hydrogen-bond acceptors (Lipinski definition) is 1. The molecule has 3 unspecified atom stereocenters. The molecule has 47 heavy (non-hydrogen) atoms. The zero-order valence-electron chi connectivity index (χ0n) is 28.1. The Hall–Kier alpha value is -4.10. The highest BCUT2D eigenvalue weighted by Crippen LogP contribution is 2.57. The number of nitrogens with zero attached hydrogens (tertiary/aromatic N) is 1. The third-order valence-corrected chi connectivity index (χ3v) is 12.5. The Labute approximate surface area is 281 Å². The average molecular weight is 614 g/mol. The van der Waals surface area contributed by atoms with Gasteiger partial charge in [0.05, 0.1) is 5.69 Å². The predicted octanol–water partition coefficient (Wildman–Crippen LogP) is 13.1. The first-order valence-electron chi connectivity index (χ1n) is 18.4. The lowest BCUT2D eigenvalue weighted by atomic mass is 9.78. The van der Waals surface area contributed by atoms with Crippen molar-refractivity contribution < 1.29 is 0 Å². The van der Waals surface area contributed by atoms with Crippen molar-refractivity contribution in [3.63, 3.8) is 0 Å². The second-order valence-corrected chi connectivity index (χ2v) is 15.6. The first-order valence-corrected chi connectivity index (χ1v) is 18.4. The molecule has 4 aliphatic rings. The molecule has 3 saturated carbocycles. The zero-order valence-corrected chi connectivity index (χ0v) is 28.1. The number of rotatable bonds is 6. The lowest BCUT2D eigenvalue weighted by Gasteiger charge is -2.33. The summed E-state index contributed by atoms with van der Waals surface area (Å²) in [7, 11) is 0. The van der Waals surface area contributed by atoms with Gasteiger partial charge < -0.3 is 4.90 Å². The van der Waals surface area contributed by atoms with Crippen molar-refractivity contribution in [2.75, 3.05) is 4.90 Å². The molecule has 4 aliphatic carbocycles. The van der Waals surface area contributed by atoms with E-state index in [0.29, 0.717) is 5.92 Å². The van der Waals surface area contributed by atoms with E-state index in [1.54, 1.807) is 5.56 Å². The van der Waals surface area contributed by atoms with Crippen LogP contribution in [0.1, 0.15) is 106 Å². The van der Waals surface area contributed by atoms with Crippen LogP contribution in [-0.4, -0.2) is 0 Å². The van der Waals surface area contributed by atoms with Crippen molar-refractivity contribution in [1.29, 1.82) is 0 Å². The molecule has 0 radical (unpaired) electrons. The number of benzene rings is 5. The largest absolute Gasteiger partial charge is 0.310 e. The summed E-state index contributed by atoms with van der Waals surface area (Å²) in [5.41, 5.74) is 15.0. The topological polar surface area (TPSA) is 3.24 Å². The van der Waals surface area contributed by atoms with Gasteiger partial charge in [-0.15, -0.1) is 0 Å². The van der Waals surface area contributed by atoms with Crippen molar-refractivity contribution in [3.05, 3.63) is 138 Å². The van der Waals surface area contributed by atoms with E-state index in [-0.39, 0.29) is 5.41 Å². The summed E-state index contributed by atoms with van der Waals surface area (Å²) in [6.07, 6.45) is 12.4. The molecule has 9 rings (SSSR count). The summed E-state index contributed by atoms with van der Waals surface area (Å²) in [4.78, 5) is 2.58. The quantitative estimate of drug-likeness (QED) is 0.184. The van der Waals surface area contributed by atoms with Gasteiger partial charge in [0.15, 0.2) is 0 Å². The van der Waals surface area contributed by atoms with Gasteiger partial charge in [-0.05, 0) is 125 Å². The average Bonchev–Trinajstić information content (AvgIpc) is 3.83. The third-order valence-electron chi connectivity index (χ3n) is 12.5. The molecule has 1 nitrogen and oxygen atoms in total. The lowest BCUT2D eigenvalue weighted by Crippen LogP contribution is -2.19. The first kappa shape index (κ1) is 29.1. The minimum absolute atomic E-state index is 0.117. The predicted molar refractivity (Wildman–Crippen MR) is 198 cm³/mol. The standard InChI is InChI=1S/C46H47N/c1-46(2)42-19-10-9-18-39(42)40-26-27-43(44(45(40)46)34-14-7-4-8-15-34)47(38-17-11-16-35(30-38)32-12-5-3-6-13-32)37-24-22-33(23-25-37)41-29-31-20-21-36(41)28-31/h4,7-11,14-19,22-27,30-32,36,41H,3,5-6,12-13,20-21,28-29H2,1-2H3. The summed E-state index contributed by atoms with van der Waals surface area (Å²) in [6.45, 7) is 4.85. The molecule has 0 aromatic heterocycles. The summed E-state index contributed by atoms with van der Waals surface area (Å²) >= 11 is 0. The molecule has 3 fully saturated rings. The van der Waals surface area contributed by atoms with E-state index in [1.165, 1.54) is 114 Å². The molecule has 0 spiro atoms. The van der Waals surface area contributed by atoms with Gasteiger partial charge in [0.25, 0.3) is 0 Å². The van der Waals surface area contributed by atoms with Crippen LogP contribution in [0.5, 0.6) is 0 Å². The molecule has 2 bridgehead atoms. The maximum atomic E-state index is 2.58. The van der Waals surface area contributed by atoms with Crippen LogP contribution in [0, 0.1) is 11.8 Å². The molecule has 0 heterocycles. The fraction of sp³-hybridized carbons (Fsp3) is 0.348. The molecule has 5 aromatic rings. The molecule has 3 atom stereocenters. The van der Waals surface area contributed by atoms with Crippen molar-refractivity contribution in [2.24, 2.45) is 11.8 Å².